The molecule has 142 valence electrons. The van der Waals surface area contributed by atoms with Gasteiger partial charge < -0.3 is 14.2 Å². The average Bonchev–Trinajstić information content (AvgIpc) is 3.07. The fraction of sp³-hybridized carbons (Fsp3) is 0.105. The smallest absolute Gasteiger partial charge is 0.363 e. The number of methoxy groups -OCH3 is 1. The fourth-order valence-electron chi connectivity index (χ4n) is 2.34. The molecule has 0 saturated carbocycles. The SMILES string of the molecule is COC(=O)COc1cccc(/C=C2\N=C(c3cccc([N+](=O)[O-])c3)OC2=O)c1. The normalized spacial score (nSPS) is 14.4. The maximum atomic E-state index is 12.1. The van der Waals surface area contributed by atoms with Gasteiger partial charge in [-0.15, -0.1) is 0 Å². The van der Waals surface area contributed by atoms with E-state index in [0.29, 0.717) is 16.9 Å². The van der Waals surface area contributed by atoms with Gasteiger partial charge in [-0.05, 0) is 29.8 Å². The van der Waals surface area contributed by atoms with Crippen molar-refractivity contribution in [1.82, 2.24) is 0 Å². The molecule has 28 heavy (non-hydrogen) atoms. The number of nitro groups is 1. The van der Waals surface area contributed by atoms with Crippen molar-refractivity contribution in [2.24, 2.45) is 4.99 Å². The first-order chi connectivity index (χ1) is 13.5. The minimum atomic E-state index is -0.678. The number of aliphatic imine (C=N–C) groups is 1. The van der Waals surface area contributed by atoms with Gasteiger partial charge in [-0.3, -0.25) is 10.1 Å². The molecular weight excluding hydrogens is 368 g/mol. The Morgan fingerprint density at radius 3 is 2.79 bits per heavy atom. The molecular formula is C19H14N2O7. The number of hydrogen-bond donors (Lipinski definition) is 0. The third kappa shape index (κ3) is 4.39. The molecule has 0 N–H and O–H groups in total. The molecule has 0 fully saturated rings. The van der Waals surface area contributed by atoms with Crippen molar-refractivity contribution in [2.75, 3.05) is 13.7 Å². The van der Waals surface area contributed by atoms with Crippen molar-refractivity contribution in [3.05, 3.63) is 75.5 Å². The van der Waals surface area contributed by atoms with Crippen LogP contribution in [0.4, 0.5) is 5.69 Å². The zero-order chi connectivity index (χ0) is 20.1. The van der Waals surface area contributed by atoms with E-state index < -0.39 is 16.9 Å². The maximum absolute atomic E-state index is 12.1. The van der Waals surface area contributed by atoms with Gasteiger partial charge in [-0.25, -0.2) is 14.6 Å². The highest BCUT2D eigenvalue weighted by atomic mass is 16.6. The molecule has 2 aromatic rings. The molecule has 0 aromatic heterocycles. The van der Waals surface area contributed by atoms with Crippen LogP contribution in [0.1, 0.15) is 11.1 Å². The van der Waals surface area contributed by atoms with Crippen molar-refractivity contribution in [2.45, 2.75) is 0 Å². The first-order valence-electron chi connectivity index (χ1n) is 8.03. The lowest BCUT2D eigenvalue weighted by Gasteiger charge is -2.05. The molecule has 0 bridgehead atoms. The second-order valence-corrected chi connectivity index (χ2v) is 5.58. The maximum Gasteiger partial charge on any atom is 0.363 e. The summed E-state index contributed by atoms with van der Waals surface area (Å²) in [5, 5.41) is 10.9. The molecule has 0 atom stereocenters. The Balaban J connectivity index is 1.82. The van der Waals surface area contributed by atoms with Crippen molar-refractivity contribution >= 4 is 29.6 Å². The van der Waals surface area contributed by atoms with Crippen LogP contribution in [0.2, 0.25) is 0 Å². The van der Waals surface area contributed by atoms with Crippen LogP contribution in [0.3, 0.4) is 0 Å². The fourth-order valence-corrected chi connectivity index (χ4v) is 2.34. The van der Waals surface area contributed by atoms with Gasteiger partial charge in [0.1, 0.15) is 5.75 Å². The van der Waals surface area contributed by atoms with E-state index in [9.17, 15) is 19.7 Å². The van der Waals surface area contributed by atoms with E-state index in [2.05, 4.69) is 9.73 Å². The van der Waals surface area contributed by atoms with Gasteiger partial charge in [-0.2, -0.15) is 0 Å². The van der Waals surface area contributed by atoms with Crippen LogP contribution in [-0.4, -0.2) is 36.5 Å². The molecule has 1 heterocycles. The van der Waals surface area contributed by atoms with E-state index in [-0.39, 0.29) is 23.9 Å². The van der Waals surface area contributed by atoms with Crippen molar-refractivity contribution in [1.29, 1.82) is 0 Å². The summed E-state index contributed by atoms with van der Waals surface area (Å²) in [6.45, 7) is -0.242. The molecule has 0 saturated heterocycles. The minimum absolute atomic E-state index is 0.0157. The number of carbonyl (C=O) groups is 2. The number of rotatable bonds is 6. The third-order valence-corrected chi connectivity index (χ3v) is 3.67. The lowest BCUT2D eigenvalue weighted by molar-refractivity contribution is -0.384. The largest absolute Gasteiger partial charge is 0.482 e. The number of hydrogen-bond acceptors (Lipinski definition) is 8. The van der Waals surface area contributed by atoms with Crippen LogP contribution in [0.15, 0.2) is 59.2 Å². The van der Waals surface area contributed by atoms with E-state index >= 15 is 0 Å². The van der Waals surface area contributed by atoms with E-state index in [0.717, 1.165) is 0 Å². The third-order valence-electron chi connectivity index (χ3n) is 3.67. The lowest BCUT2D eigenvalue weighted by atomic mass is 10.2. The Labute approximate surface area is 159 Å². The van der Waals surface area contributed by atoms with Gasteiger partial charge in [0.25, 0.3) is 5.69 Å². The van der Waals surface area contributed by atoms with Gasteiger partial charge in [0.2, 0.25) is 5.90 Å². The van der Waals surface area contributed by atoms with E-state index in [1.807, 2.05) is 0 Å². The number of non-ortho nitro benzene ring substituents is 1. The van der Waals surface area contributed by atoms with Crippen LogP contribution in [0, 0.1) is 10.1 Å². The Kier molecular flexibility index (Phi) is 5.45. The molecule has 0 aliphatic carbocycles. The monoisotopic (exact) mass is 382 g/mol. The molecule has 1 aliphatic rings. The summed E-state index contributed by atoms with van der Waals surface area (Å²) in [5.74, 6) is -0.802. The summed E-state index contributed by atoms with van der Waals surface area (Å²) in [7, 11) is 1.26. The Morgan fingerprint density at radius 2 is 2.04 bits per heavy atom. The van der Waals surface area contributed by atoms with E-state index in [4.69, 9.17) is 9.47 Å². The second-order valence-electron chi connectivity index (χ2n) is 5.58. The number of nitrogens with zero attached hydrogens (tertiary/aromatic N) is 2. The molecule has 0 radical (unpaired) electrons. The molecule has 1 aliphatic heterocycles. The van der Waals surface area contributed by atoms with Gasteiger partial charge in [0.05, 0.1) is 12.0 Å². The molecule has 9 heteroatoms. The number of benzene rings is 2. The molecule has 3 rings (SSSR count). The van der Waals surface area contributed by atoms with Crippen molar-refractivity contribution in [3.63, 3.8) is 0 Å². The first kappa shape index (κ1) is 18.8. The quantitative estimate of drug-likeness (QED) is 0.326. The summed E-state index contributed by atoms with van der Waals surface area (Å²) in [4.78, 5) is 37.7. The Morgan fingerprint density at radius 1 is 1.25 bits per heavy atom. The van der Waals surface area contributed by atoms with Crippen LogP contribution in [0.5, 0.6) is 5.75 Å². The average molecular weight is 382 g/mol. The summed E-state index contributed by atoms with van der Waals surface area (Å²) >= 11 is 0. The predicted octanol–water partition coefficient (Wildman–Crippen LogP) is 2.49. The van der Waals surface area contributed by atoms with Gasteiger partial charge in [-0.1, -0.05) is 18.2 Å². The van der Waals surface area contributed by atoms with E-state index in [1.165, 1.54) is 31.4 Å². The van der Waals surface area contributed by atoms with Gasteiger partial charge in [0.15, 0.2) is 12.3 Å². The van der Waals surface area contributed by atoms with Crippen molar-refractivity contribution < 1.29 is 28.7 Å². The summed E-state index contributed by atoms with van der Waals surface area (Å²) in [5.41, 5.74) is 0.815. The molecule has 2 aromatic carbocycles. The van der Waals surface area contributed by atoms with Gasteiger partial charge in [0, 0.05) is 17.7 Å². The number of cyclic esters (lactones) is 1. The lowest BCUT2D eigenvalue weighted by Crippen LogP contribution is -2.12. The number of carbonyl (C=O) groups excluding carboxylic acids is 2. The highest BCUT2D eigenvalue weighted by Gasteiger charge is 2.25. The zero-order valence-corrected chi connectivity index (χ0v) is 14.7. The van der Waals surface area contributed by atoms with Crippen LogP contribution in [0.25, 0.3) is 6.08 Å². The first-order valence-corrected chi connectivity index (χ1v) is 8.03. The zero-order valence-electron chi connectivity index (χ0n) is 14.7. The van der Waals surface area contributed by atoms with Crippen molar-refractivity contribution in [3.8, 4) is 5.75 Å². The summed E-state index contributed by atoms with van der Waals surface area (Å²) in [6.07, 6.45) is 1.48. The highest BCUT2D eigenvalue weighted by molar-refractivity contribution is 6.13. The topological polar surface area (TPSA) is 117 Å². The molecule has 9 nitrogen and oxygen atoms in total. The molecule has 0 amide bonds. The number of ether oxygens (including phenoxy) is 3. The minimum Gasteiger partial charge on any atom is -0.482 e. The van der Waals surface area contributed by atoms with Crippen LogP contribution < -0.4 is 4.74 Å². The highest BCUT2D eigenvalue weighted by Crippen LogP contribution is 2.23. The Hall–Kier alpha value is -4.01. The number of esters is 2. The standard InChI is InChI=1S/C19H14N2O7/c1-26-17(22)11-27-15-7-2-4-12(8-15)9-16-19(23)28-18(20-16)13-5-3-6-14(10-13)21(24)25/h2-10H,11H2,1H3/b16-9-. The Bertz CT molecular complexity index is 1010. The number of nitro benzene ring substituents is 1. The second kappa shape index (κ2) is 8.12. The summed E-state index contributed by atoms with van der Waals surface area (Å²) in [6, 6.07) is 12.3. The van der Waals surface area contributed by atoms with Crippen LogP contribution >= 0.6 is 0 Å². The van der Waals surface area contributed by atoms with Gasteiger partial charge >= 0.3 is 11.9 Å². The molecule has 0 unspecified atom stereocenters. The van der Waals surface area contributed by atoms with Crippen LogP contribution in [-0.2, 0) is 19.1 Å². The van der Waals surface area contributed by atoms with E-state index in [1.54, 1.807) is 30.3 Å². The predicted molar refractivity (Wildman–Crippen MR) is 97.7 cm³/mol. The summed E-state index contributed by atoms with van der Waals surface area (Å²) < 4.78 is 14.9. The molecule has 0 spiro atoms.